The van der Waals surface area contributed by atoms with Crippen LogP contribution in [0.4, 0.5) is 5.69 Å². The topological polar surface area (TPSA) is 24.5 Å². The third-order valence-corrected chi connectivity index (χ3v) is 3.56. The molecule has 112 valence electrons. The van der Waals surface area contributed by atoms with E-state index in [1.807, 2.05) is 0 Å². The maximum atomic E-state index is 5.70. The van der Waals surface area contributed by atoms with E-state index >= 15 is 0 Å². The van der Waals surface area contributed by atoms with Gasteiger partial charge in [-0.1, -0.05) is 13.8 Å². The monoisotopic (exact) mass is 276 g/mol. The van der Waals surface area contributed by atoms with Gasteiger partial charge in [-0.25, -0.2) is 0 Å². The maximum absolute atomic E-state index is 5.70. The lowest BCUT2D eigenvalue weighted by Gasteiger charge is -2.35. The normalized spacial score (nSPS) is 19.7. The number of nitrogens with zero attached hydrogens (tertiary/aromatic N) is 1. The van der Waals surface area contributed by atoms with E-state index in [2.05, 4.69) is 62.2 Å². The number of ether oxygens (including phenoxy) is 1. The molecule has 2 rings (SSSR count). The van der Waals surface area contributed by atoms with Gasteiger partial charge in [-0.3, -0.25) is 0 Å². The van der Waals surface area contributed by atoms with Crippen molar-refractivity contribution >= 4 is 5.69 Å². The number of hydrogen-bond donors (Lipinski definition) is 1. The summed E-state index contributed by atoms with van der Waals surface area (Å²) >= 11 is 0. The molecule has 1 atom stereocenters. The van der Waals surface area contributed by atoms with Gasteiger partial charge >= 0.3 is 0 Å². The minimum atomic E-state index is 0.232. The minimum Gasteiger partial charge on any atom is -0.491 e. The molecule has 0 spiro atoms. The third-order valence-electron chi connectivity index (χ3n) is 3.56. The molecule has 20 heavy (non-hydrogen) atoms. The summed E-state index contributed by atoms with van der Waals surface area (Å²) in [6, 6.07) is 9.67. The van der Waals surface area contributed by atoms with Gasteiger partial charge in [0.15, 0.2) is 0 Å². The average molecular weight is 276 g/mol. The quantitative estimate of drug-likeness (QED) is 0.891. The molecule has 1 saturated heterocycles. The Morgan fingerprint density at radius 3 is 2.45 bits per heavy atom. The predicted octanol–water partition coefficient (Wildman–Crippen LogP) is 3.44. The zero-order valence-corrected chi connectivity index (χ0v) is 13.2. The molecule has 1 aliphatic heterocycles. The molecule has 1 unspecified atom stereocenters. The van der Waals surface area contributed by atoms with Crippen LogP contribution in [0.5, 0.6) is 5.75 Å². The van der Waals surface area contributed by atoms with E-state index in [4.69, 9.17) is 4.74 Å². The SMILES string of the molecule is CC(C)NC1CCCN(c2ccc(OC(C)C)cc2)C1. The van der Waals surface area contributed by atoms with Crippen LogP contribution in [-0.2, 0) is 0 Å². The fourth-order valence-corrected chi connectivity index (χ4v) is 2.83. The summed E-state index contributed by atoms with van der Waals surface area (Å²) in [5, 5.41) is 3.65. The minimum absolute atomic E-state index is 0.232. The largest absolute Gasteiger partial charge is 0.491 e. The summed E-state index contributed by atoms with van der Waals surface area (Å²) in [7, 11) is 0. The highest BCUT2D eigenvalue weighted by Crippen LogP contribution is 2.23. The van der Waals surface area contributed by atoms with E-state index in [1.54, 1.807) is 0 Å². The molecule has 1 aliphatic rings. The van der Waals surface area contributed by atoms with Gasteiger partial charge in [-0.2, -0.15) is 0 Å². The highest BCUT2D eigenvalue weighted by atomic mass is 16.5. The number of hydrogen-bond acceptors (Lipinski definition) is 3. The van der Waals surface area contributed by atoms with Gasteiger partial charge in [-0.05, 0) is 51.0 Å². The lowest BCUT2D eigenvalue weighted by Crippen LogP contribution is -2.47. The van der Waals surface area contributed by atoms with E-state index < -0.39 is 0 Å². The van der Waals surface area contributed by atoms with Crippen LogP contribution in [0, 0.1) is 0 Å². The van der Waals surface area contributed by atoms with Crippen LogP contribution >= 0.6 is 0 Å². The molecular weight excluding hydrogens is 248 g/mol. The average Bonchev–Trinajstić information content (AvgIpc) is 2.38. The van der Waals surface area contributed by atoms with Gasteiger partial charge in [0.2, 0.25) is 0 Å². The molecule has 0 saturated carbocycles. The molecule has 1 heterocycles. The van der Waals surface area contributed by atoms with Crippen LogP contribution < -0.4 is 15.0 Å². The first-order valence-electron chi connectivity index (χ1n) is 7.82. The predicted molar refractivity (Wildman–Crippen MR) is 85.7 cm³/mol. The van der Waals surface area contributed by atoms with Crippen LogP contribution in [0.15, 0.2) is 24.3 Å². The molecule has 1 aromatic rings. The van der Waals surface area contributed by atoms with Crippen molar-refractivity contribution in [2.75, 3.05) is 18.0 Å². The smallest absolute Gasteiger partial charge is 0.119 e. The number of rotatable bonds is 5. The van der Waals surface area contributed by atoms with Gasteiger partial charge in [0.05, 0.1) is 6.10 Å². The fourth-order valence-electron chi connectivity index (χ4n) is 2.83. The van der Waals surface area contributed by atoms with Crippen molar-refractivity contribution in [2.45, 2.75) is 58.7 Å². The van der Waals surface area contributed by atoms with Gasteiger partial charge in [0.1, 0.15) is 5.75 Å². The zero-order valence-electron chi connectivity index (χ0n) is 13.2. The molecule has 0 radical (unpaired) electrons. The second-order valence-corrected chi connectivity index (χ2v) is 6.27. The van der Waals surface area contributed by atoms with Crippen LogP contribution in [0.1, 0.15) is 40.5 Å². The summed E-state index contributed by atoms with van der Waals surface area (Å²) in [4.78, 5) is 2.47. The zero-order chi connectivity index (χ0) is 14.5. The maximum Gasteiger partial charge on any atom is 0.119 e. The first kappa shape index (κ1) is 15.2. The Labute approximate surface area is 123 Å². The Bertz CT molecular complexity index is 400. The van der Waals surface area contributed by atoms with Gasteiger partial charge < -0.3 is 15.0 Å². The highest BCUT2D eigenvalue weighted by molar-refractivity contribution is 5.49. The molecule has 3 nitrogen and oxygen atoms in total. The summed E-state index contributed by atoms with van der Waals surface area (Å²) in [6.45, 7) is 10.8. The van der Waals surface area contributed by atoms with Gasteiger partial charge in [0.25, 0.3) is 0 Å². The molecule has 0 aliphatic carbocycles. The molecule has 1 aromatic carbocycles. The van der Waals surface area contributed by atoms with E-state index in [0.717, 1.165) is 18.8 Å². The number of nitrogens with one attached hydrogen (secondary N) is 1. The van der Waals surface area contributed by atoms with E-state index in [9.17, 15) is 0 Å². The molecular formula is C17H28N2O. The van der Waals surface area contributed by atoms with Crippen LogP contribution in [0.25, 0.3) is 0 Å². The van der Waals surface area contributed by atoms with Crippen LogP contribution in [0.3, 0.4) is 0 Å². The Hall–Kier alpha value is -1.22. The number of benzene rings is 1. The second-order valence-electron chi connectivity index (χ2n) is 6.27. The second kappa shape index (κ2) is 6.98. The van der Waals surface area contributed by atoms with Crippen LogP contribution in [-0.4, -0.2) is 31.3 Å². The van der Waals surface area contributed by atoms with Crippen molar-refractivity contribution in [1.82, 2.24) is 5.32 Å². The van der Waals surface area contributed by atoms with Crippen molar-refractivity contribution in [3.05, 3.63) is 24.3 Å². The molecule has 3 heteroatoms. The van der Waals surface area contributed by atoms with Crippen molar-refractivity contribution < 1.29 is 4.74 Å². The van der Waals surface area contributed by atoms with Crippen molar-refractivity contribution in [1.29, 1.82) is 0 Å². The third kappa shape index (κ3) is 4.41. The highest BCUT2D eigenvalue weighted by Gasteiger charge is 2.20. The molecule has 1 N–H and O–H groups in total. The lowest BCUT2D eigenvalue weighted by atomic mass is 10.0. The Kier molecular flexibility index (Phi) is 5.30. The number of anilines is 1. The van der Waals surface area contributed by atoms with Crippen molar-refractivity contribution in [3.63, 3.8) is 0 Å². The summed E-state index contributed by atoms with van der Waals surface area (Å²) in [6.07, 6.45) is 2.77. The summed E-state index contributed by atoms with van der Waals surface area (Å²) < 4.78 is 5.70. The summed E-state index contributed by atoms with van der Waals surface area (Å²) in [5.74, 6) is 0.956. The Morgan fingerprint density at radius 2 is 1.85 bits per heavy atom. The molecule has 1 fully saturated rings. The first-order valence-corrected chi connectivity index (χ1v) is 7.82. The standard InChI is InChI=1S/C17H28N2O/c1-13(2)18-15-6-5-11-19(12-15)16-7-9-17(10-8-16)20-14(3)4/h7-10,13-15,18H,5-6,11-12H2,1-4H3. The van der Waals surface area contributed by atoms with Gasteiger partial charge in [-0.15, -0.1) is 0 Å². The van der Waals surface area contributed by atoms with E-state index in [1.165, 1.54) is 18.5 Å². The molecule has 0 amide bonds. The first-order chi connectivity index (χ1) is 9.54. The lowest BCUT2D eigenvalue weighted by molar-refractivity contribution is 0.242. The van der Waals surface area contributed by atoms with E-state index in [-0.39, 0.29) is 6.10 Å². The Balaban J connectivity index is 1.96. The summed E-state index contributed by atoms with van der Waals surface area (Å²) in [5.41, 5.74) is 1.30. The van der Waals surface area contributed by atoms with E-state index in [0.29, 0.717) is 12.1 Å². The number of piperidine rings is 1. The molecule has 0 bridgehead atoms. The Morgan fingerprint density at radius 1 is 1.15 bits per heavy atom. The van der Waals surface area contributed by atoms with Crippen molar-refractivity contribution in [3.8, 4) is 5.75 Å². The molecule has 0 aromatic heterocycles. The van der Waals surface area contributed by atoms with Crippen molar-refractivity contribution in [2.24, 2.45) is 0 Å². The van der Waals surface area contributed by atoms with Crippen LogP contribution in [0.2, 0.25) is 0 Å². The fraction of sp³-hybridized carbons (Fsp3) is 0.647. The van der Waals surface area contributed by atoms with Gasteiger partial charge in [0, 0.05) is 30.9 Å².